The second-order valence-corrected chi connectivity index (χ2v) is 8.69. The molecule has 0 aliphatic carbocycles. The van der Waals surface area contributed by atoms with E-state index in [4.69, 9.17) is 16.6 Å². The van der Waals surface area contributed by atoms with Crippen LogP contribution in [0, 0.1) is 0 Å². The highest BCUT2D eigenvalue weighted by Crippen LogP contribution is 2.33. The first-order valence-corrected chi connectivity index (χ1v) is 10.9. The van der Waals surface area contributed by atoms with E-state index in [1.807, 2.05) is 41.1 Å². The number of rotatable bonds is 6. The van der Waals surface area contributed by atoms with Gasteiger partial charge in [0.1, 0.15) is 10.9 Å². The Kier molecular flexibility index (Phi) is 5.41. The highest BCUT2D eigenvalue weighted by molar-refractivity contribution is 7.18. The number of nitrogens with one attached hydrogen (secondary N) is 1. The van der Waals surface area contributed by atoms with Crippen molar-refractivity contribution in [2.45, 2.75) is 19.4 Å². The molecule has 0 amide bonds. The maximum absolute atomic E-state index is 12.7. The van der Waals surface area contributed by atoms with Gasteiger partial charge in [-0.25, -0.2) is 4.98 Å². The van der Waals surface area contributed by atoms with Gasteiger partial charge in [0.05, 0.1) is 11.9 Å². The number of aromatic amines is 1. The summed E-state index contributed by atoms with van der Waals surface area (Å²) < 4.78 is 0. The molecule has 7 heteroatoms. The van der Waals surface area contributed by atoms with Crippen LogP contribution in [0.4, 0.5) is 0 Å². The molecule has 0 radical (unpaired) electrons. The van der Waals surface area contributed by atoms with Crippen molar-refractivity contribution in [2.75, 3.05) is 6.54 Å². The smallest absolute Gasteiger partial charge is 0.260 e. The second kappa shape index (κ2) is 7.94. The van der Waals surface area contributed by atoms with Gasteiger partial charge in [-0.05, 0) is 36.1 Å². The van der Waals surface area contributed by atoms with Crippen LogP contribution in [0.25, 0.3) is 20.7 Å². The zero-order valence-corrected chi connectivity index (χ0v) is 17.1. The zero-order chi connectivity index (χ0) is 18.8. The van der Waals surface area contributed by atoms with E-state index in [0.717, 1.165) is 39.1 Å². The topological polar surface area (TPSA) is 62.4 Å². The Morgan fingerprint density at radius 1 is 1.26 bits per heavy atom. The molecule has 0 unspecified atom stereocenters. The van der Waals surface area contributed by atoms with Gasteiger partial charge < -0.3 is 10.3 Å². The van der Waals surface area contributed by atoms with Crippen LogP contribution >= 0.6 is 34.3 Å². The van der Waals surface area contributed by atoms with E-state index in [0.29, 0.717) is 5.39 Å². The zero-order valence-electron chi connectivity index (χ0n) is 14.7. The lowest BCUT2D eigenvalue weighted by Crippen LogP contribution is -2.85. The first-order valence-electron chi connectivity index (χ1n) is 8.75. The second-order valence-electron chi connectivity index (χ2n) is 6.45. The van der Waals surface area contributed by atoms with E-state index in [1.54, 1.807) is 11.3 Å². The van der Waals surface area contributed by atoms with Crippen LogP contribution in [0.2, 0.25) is 5.02 Å². The summed E-state index contributed by atoms with van der Waals surface area (Å²) >= 11 is 9.20. The lowest BCUT2D eigenvalue weighted by atomic mass is 10.1. The molecular weight excluding hydrogens is 398 g/mol. The maximum atomic E-state index is 12.7. The molecule has 0 fully saturated rings. The molecule has 0 saturated heterocycles. The van der Waals surface area contributed by atoms with Gasteiger partial charge in [-0.2, -0.15) is 0 Å². The fourth-order valence-corrected chi connectivity index (χ4v) is 5.08. The van der Waals surface area contributed by atoms with Gasteiger partial charge in [-0.15, -0.1) is 22.7 Å². The van der Waals surface area contributed by atoms with E-state index >= 15 is 0 Å². The van der Waals surface area contributed by atoms with Crippen LogP contribution in [-0.2, 0) is 6.42 Å². The Labute approximate surface area is 169 Å². The average molecular weight is 417 g/mol. The number of quaternary nitrogens is 1. The standard InChI is InChI=1S/C20H18ClN3OS2/c1-12(22-8-7-13-4-2-5-14(21)10-13)18-23-19(25)17-15(11-27-20(17)24-18)16-6-3-9-26-16/h2-6,9-12,22H,7-8H2,1H3,(H,23,24,25)/p+1/t12-/m1/s1. The van der Waals surface area contributed by atoms with Crippen LogP contribution in [-0.4, -0.2) is 16.5 Å². The van der Waals surface area contributed by atoms with E-state index in [1.165, 1.54) is 16.9 Å². The van der Waals surface area contributed by atoms with Crippen molar-refractivity contribution in [2.24, 2.45) is 0 Å². The fraction of sp³-hybridized carbons (Fsp3) is 0.200. The van der Waals surface area contributed by atoms with Crippen LogP contribution < -0.4 is 10.9 Å². The predicted octanol–water partition coefficient (Wildman–Crippen LogP) is 4.23. The van der Waals surface area contributed by atoms with Crippen molar-refractivity contribution in [1.29, 1.82) is 0 Å². The molecule has 27 heavy (non-hydrogen) atoms. The molecule has 1 aromatic carbocycles. The van der Waals surface area contributed by atoms with Gasteiger partial charge >= 0.3 is 0 Å². The van der Waals surface area contributed by atoms with Crippen molar-refractivity contribution in [1.82, 2.24) is 9.97 Å². The Hall–Kier alpha value is -1.99. The minimum absolute atomic E-state index is 0.0604. The molecule has 138 valence electrons. The molecule has 3 N–H and O–H groups in total. The van der Waals surface area contributed by atoms with Gasteiger partial charge in [0, 0.05) is 27.3 Å². The molecule has 3 aromatic heterocycles. The SMILES string of the molecule is C[C@@H]([NH2+]CCc1cccc(Cl)c1)c1nc2scc(-c3cccs3)c2c(=O)[nH]1. The van der Waals surface area contributed by atoms with Crippen molar-refractivity contribution in [3.63, 3.8) is 0 Å². The van der Waals surface area contributed by atoms with Gasteiger partial charge in [-0.3, -0.25) is 4.79 Å². The van der Waals surface area contributed by atoms with Gasteiger partial charge in [0.25, 0.3) is 5.56 Å². The lowest BCUT2D eigenvalue weighted by Gasteiger charge is -2.10. The number of fused-ring (bicyclic) bond motifs is 1. The third kappa shape index (κ3) is 3.99. The van der Waals surface area contributed by atoms with Crippen molar-refractivity contribution >= 4 is 44.5 Å². The molecule has 0 bridgehead atoms. The number of H-pyrrole nitrogens is 1. The Morgan fingerprint density at radius 2 is 2.15 bits per heavy atom. The number of benzene rings is 1. The summed E-state index contributed by atoms with van der Waals surface area (Å²) in [7, 11) is 0. The van der Waals surface area contributed by atoms with Crippen LogP contribution in [0.3, 0.4) is 0 Å². The molecular formula is C20H19ClN3OS2+. The average Bonchev–Trinajstić information content (AvgIpc) is 3.31. The molecule has 0 aliphatic heterocycles. The highest BCUT2D eigenvalue weighted by atomic mass is 35.5. The summed E-state index contributed by atoms with van der Waals surface area (Å²) in [5.74, 6) is 0.721. The Bertz CT molecular complexity index is 1120. The number of halogens is 1. The molecule has 4 aromatic rings. The fourth-order valence-electron chi connectivity index (χ4n) is 3.10. The molecule has 1 atom stereocenters. The number of thiophene rings is 2. The minimum atomic E-state index is -0.0604. The third-order valence-electron chi connectivity index (χ3n) is 4.52. The molecule has 4 nitrogen and oxygen atoms in total. The van der Waals surface area contributed by atoms with Crippen LogP contribution in [0.1, 0.15) is 24.4 Å². The number of aromatic nitrogens is 2. The van der Waals surface area contributed by atoms with Crippen LogP contribution in [0.15, 0.2) is 52.0 Å². The molecule has 0 saturated carbocycles. The van der Waals surface area contributed by atoms with Crippen molar-refractivity contribution in [3.8, 4) is 10.4 Å². The Balaban J connectivity index is 1.51. The molecule has 4 rings (SSSR count). The van der Waals surface area contributed by atoms with Gasteiger partial charge in [0.2, 0.25) is 0 Å². The number of nitrogens with two attached hydrogens (primary N) is 1. The van der Waals surface area contributed by atoms with E-state index in [-0.39, 0.29) is 11.6 Å². The quantitative estimate of drug-likeness (QED) is 0.494. The highest BCUT2D eigenvalue weighted by Gasteiger charge is 2.17. The third-order valence-corrected chi connectivity index (χ3v) is 6.53. The normalized spacial score (nSPS) is 12.5. The monoisotopic (exact) mass is 416 g/mol. The van der Waals surface area contributed by atoms with E-state index in [2.05, 4.69) is 23.3 Å². The summed E-state index contributed by atoms with van der Waals surface area (Å²) in [4.78, 5) is 22.3. The summed E-state index contributed by atoms with van der Waals surface area (Å²) in [5.41, 5.74) is 2.12. The van der Waals surface area contributed by atoms with Gasteiger partial charge in [0.15, 0.2) is 5.82 Å². The van der Waals surface area contributed by atoms with E-state index in [9.17, 15) is 4.79 Å². The summed E-state index contributed by atoms with van der Waals surface area (Å²) in [6.45, 7) is 2.96. The number of hydrogen-bond acceptors (Lipinski definition) is 4. The summed E-state index contributed by atoms with van der Waals surface area (Å²) in [5, 5.41) is 7.69. The van der Waals surface area contributed by atoms with Crippen molar-refractivity contribution in [3.05, 3.63) is 73.9 Å². The maximum Gasteiger partial charge on any atom is 0.260 e. The predicted molar refractivity (Wildman–Crippen MR) is 114 cm³/mol. The first kappa shape index (κ1) is 18.4. The van der Waals surface area contributed by atoms with Gasteiger partial charge in [-0.1, -0.05) is 29.8 Å². The first-order chi connectivity index (χ1) is 13.1. The molecule has 3 heterocycles. The van der Waals surface area contributed by atoms with Crippen molar-refractivity contribution < 1.29 is 5.32 Å². The molecule has 0 spiro atoms. The minimum Gasteiger partial charge on any atom is -0.337 e. The summed E-state index contributed by atoms with van der Waals surface area (Å²) in [6, 6.07) is 12.0. The number of nitrogens with zero attached hydrogens (tertiary/aromatic N) is 1. The lowest BCUT2D eigenvalue weighted by molar-refractivity contribution is -0.693. The number of hydrogen-bond donors (Lipinski definition) is 2. The Morgan fingerprint density at radius 3 is 2.93 bits per heavy atom. The van der Waals surface area contributed by atoms with Crippen LogP contribution in [0.5, 0.6) is 0 Å². The molecule has 0 aliphatic rings. The largest absolute Gasteiger partial charge is 0.337 e. The van der Waals surface area contributed by atoms with E-state index < -0.39 is 0 Å². The summed E-state index contributed by atoms with van der Waals surface area (Å²) in [6.07, 6.45) is 0.916.